The average molecular weight is 348 g/mol. The Bertz CT molecular complexity index is 877. The lowest BCUT2D eigenvalue weighted by molar-refractivity contribution is -0.254. The highest BCUT2D eigenvalue weighted by Crippen LogP contribution is 2.64. The molecule has 2 aromatic carbocycles. The Balaban J connectivity index is 1.66. The number of nitrogens with one attached hydrogen (secondary N) is 1. The molecule has 0 amide bonds. The zero-order valence-corrected chi connectivity index (χ0v) is 14.8. The Morgan fingerprint density at radius 2 is 1.96 bits per heavy atom. The number of carbonyl (C=O) groups excluding carboxylic acids is 1. The van der Waals surface area contributed by atoms with E-state index in [4.69, 9.17) is 4.74 Å². The summed E-state index contributed by atoms with van der Waals surface area (Å²) >= 11 is 0. The van der Waals surface area contributed by atoms with E-state index in [2.05, 4.69) is 23.5 Å². The number of anilines is 1. The number of rotatable bonds is 3. The van der Waals surface area contributed by atoms with E-state index in [0.717, 1.165) is 11.4 Å². The predicted molar refractivity (Wildman–Crippen MR) is 97.2 cm³/mol. The Morgan fingerprint density at radius 1 is 1.15 bits per heavy atom. The highest BCUT2D eigenvalue weighted by molar-refractivity contribution is 5.94. The van der Waals surface area contributed by atoms with Gasteiger partial charge in [-0.05, 0) is 66.2 Å². The third-order valence-electron chi connectivity index (χ3n) is 6.79. The number of carbonyl (C=O) groups is 1. The van der Waals surface area contributed by atoms with Crippen LogP contribution in [-0.2, 0) is 0 Å². The zero-order chi connectivity index (χ0) is 17.8. The monoisotopic (exact) mass is 348 g/mol. The maximum atomic E-state index is 11.7. The summed E-state index contributed by atoms with van der Waals surface area (Å²) in [5, 5.41) is 15.3. The highest BCUT2D eigenvalue weighted by Gasteiger charge is 2.54. The smallest absolute Gasteiger partial charge is 0.119 e. The number of carboxylic acid groups (broad SMARTS) is 1. The molecule has 0 radical (unpaired) electrons. The van der Waals surface area contributed by atoms with Crippen LogP contribution in [0.4, 0.5) is 5.69 Å². The van der Waals surface area contributed by atoms with Crippen LogP contribution in [-0.4, -0.2) is 13.1 Å². The molecule has 5 atom stereocenters. The first-order valence-electron chi connectivity index (χ1n) is 9.42. The summed E-state index contributed by atoms with van der Waals surface area (Å²) in [5.41, 5.74) is 3.37. The first-order valence-corrected chi connectivity index (χ1v) is 9.42. The lowest BCUT2D eigenvalue weighted by atomic mass is 9.67. The topological polar surface area (TPSA) is 61.4 Å². The Kier molecular flexibility index (Phi) is 3.49. The summed E-state index contributed by atoms with van der Waals surface area (Å²) in [4.78, 5) is 11.7. The van der Waals surface area contributed by atoms with E-state index in [1.54, 1.807) is 13.2 Å². The Morgan fingerprint density at radius 3 is 2.77 bits per heavy atom. The molecule has 26 heavy (non-hydrogen) atoms. The van der Waals surface area contributed by atoms with Crippen molar-refractivity contribution in [3.63, 3.8) is 0 Å². The van der Waals surface area contributed by atoms with Gasteiger partial charge in [-0.25, -0.2) is 0 Å². The van der Waals surface area contributed by atoms with Crippen LogP contribution >= 0.6 is 0 Å². The molecule has 0 unspecified atom stereocenters. The molecule has 1 aliphatic heterocycles. The van der Waals surface area contributed by atoms with Crippen LogP contribution in [0.15, 0.2) is 42.5 Å². The Labute approximate surface area is 153 Å². The highest BCUT2D eigenvalue weighted by atomic mass is 16.5. The minimum absolute atomic E-state index is 0.110. The molecule has 3 aliphatic rings. The quantitative estimate of drug-likeness (QED) is 0.924. The molecule has 134 valence electrons. The molecule has 4 heteroatoms. The summed E-state index contributed by atoms with van der Waals surface area (Å²) in [7, 11) is 1.68. The van der Waals surface area contributed by atoms with Gasteiger partial charge < -0.3 is 20.0 Å². The van der Waals surface area contributed by atoms with Gasteiger partial charge in [0.05, 0.1) is 19.1 Å². The second-order valence-corrected chi connectivity index (χ2v) is 7.89. The van der Waals surface area contributed by atoms with E-state index in [0.29, 0.717) is 23.7 Å². The number of para-hydroxylation sites is 1. The number of methoxy groups -OCH3 is 1. The molecule has 2 saturated carbocycles. The van der Waals surface area contributed by atoms with Gasteiger partial charge in [0.25, 0.3) is 0 Å². The normalized spacial score (nSPS) is 31.0. The molecule has 4 nitrogen and oxygen atoms in total. The number of aromatic carboxylic acids is 1. The van der Waals surface area contributed by atoms with Crippen molar-refractivity contribution in [2.75, 3.05) is 12.4 Å². The molecular formula is C22H22NO3-. The number of ether oxygens (including phenoxy) is 1. The van der Waals surface area contributed by atoms with E-state index in [9.17, 15) is 9.90 Å². The van der Waals surface area contributed by atoms with Gasteiger partial charge in [0.1, 0.15) is 5.75 Å². The fraction of sp³-hybridized carbons (Fsp3) is 0.409. The van der Waals surface area contributed by atoms with Crippen LogP contribution in [0, 0.1) is 17.8 Å². The van der Waals surface area contributed by atoms with Crippen molar-refractivity contribution in [1.82, 2.24) is 0 Å². The molecular weight excluding hydrogens is 326 g/mol. The van der Waals surface area contributed by atoms with Crippen molar-refractivity contribution >= 4 is 11.7 Å². The molecule has 2 aliphatic carbocycles. The van der Waals surface area contributed by atoms with Gasteiger partial charge in [-0.3, -0.25) is 0 Å². The third kappa shape index (κ3) is 2.17. The third-order valence-corrected chi connectivity index (χ3v) is 6.79. The Hall–Kier alpha value is -2.49. The number of benzene rings is 2. The van der Waals surface area contributed by atoms with Crippen molar-refractivity contribution in [3.05, 3.63) is 59.2 Å². The zero-order valence-electron chi connectivity index (χ0n) is 14.8. The minimum atomic E-state index is -1.11. The van der Waals surface area contributed by atoms with Crippen molar-refractivity contribution in [2.45, 2.75) is 31.2 Å². The first-order chi connectivity index (χ1) is 12.7. The molecule has 1 N–H and O–H groups in total. The van der Waals surface area contributed by atoms with Crippen LogP contribution in [0.1, 0.15) is 52.7 Å². The second-order valence-electron chi connectivity index (χ2n) is 7.89. The van der Waals surface area contributed by atoms with Crippen molar-refractivity contribution in [3.8, 4) is 5.75 Å². The summed E-state index contributed by atoms with van der Waals surface area (Å²) in [5.74, 6) is 2.03. The van der Waals surface area contributed by atoms with Crippen LogP contribution in [0.3, 0.4) is 0 Å². The van der Waals surface area contributed by atoms with Crippen LogP contribution in [0.25, 0.3) is 0 Å². The van der Waals surface area contributed by atoms with E-state index in [1.165, 1.54) is 30.4 Å². The van der Waals surface area contributed by atoms with Crippen molar-refractivity contribution in [1.29, 1.82) is 0 Å². The minimum Gasteiger partial charge on any atom is -0.545 e. The second kappa shape index (κ2) is 5.76. The number of carboxylic acids is 1. The average Bonchev–Trinajstić information content (AvgIpc) is 3.29. The van der Waals surface area contributed by atoms with Crippen molar-refractivity contribution < 1.29 is 14.6 Å². The van der Waals surface area contributed by atoms with Gasteiger partial charge in [0.2, 0.25) is 0 Å². The molecule has 0 spiro atoms. The van der Waals surface area contributed by atoms with Crippen molar-refractivity contribution in [2.24, 2.45) is 17.8 Å². The number of hydrogen-bond acceptors (Lipinski definition) is 4. The summed E-state index contributed by atoms with van der Waals surface area (Å²) in [6, 6.07) is 13.9. The fourth-order valence-corrected chi connectivity index (χ4v) is 5.85. The van der Waals surface area contributed by atoms with E-state index in [1.807, 2.05) is 18.2 Å². The summed E-state index contributed by atoms with van der Waals surface area (Å²) in [6.07, 6.45) is 3.79. The molecule has 1 heterocycles. The maximum absolute atomic E-state index is 11.7. The summed E-state index contributed by atoms with van der Waals surface area (Å²) < 4.78 is 5.42. The molecule has 0 saturated heterocycles. The molecule has 2 aromatic rings. The number of hydrogen-bond donors (Lipinski definition) is 1. The van der Waals surface area contributed by atoms with Gasteiger partial charge >= 0.3 is 0 Å². The lowest BCUT2D eigenvalue weighted by Gasteiger charge is -2.44. The van der Waals surface area contributed by atoms with Gasteiger partial charge in [0, 0.05) is 11.3 Å². The SMILES string of the molecule is COc1cccc([C@H]2Nc3c(C(=O)[O-])cccc3[C@H]3[C@H]4CC[C@@H](C4)[C@H]32)c1. The largest absolute Gasteiger partial charge is 0.545 e. The molecule has 2 bridgehead atoms. The first kappa shape index (κ1) is 15.7. The summed E-state index contributed by atoms with van der Waals surface area (Å²) in [6.45, 7) is 0. The molecule has 2 fully saturated rings. The standard InChI is InChI=1S/C22H23NO3/c1-26-15-5-2-4-14(11-15)20-19-13-9-8-12(10-13)18(19)16-6-3-7-17(22(24)25)21(16)23-20/h2-7,11-13,18-20,23H,8-10H2,1H3,(H,24,25)/p-1/t12-,13-,18+,19+,20+/m0/s1. The fourth-order valence-electron chi connectivity index (χ4n) is 5.85. The lowest BCUT2D eigenvalue weighted by Crippen LogP contribution is -2.37. The van der Waals surface area contributed by atoms with E-state index >= 15 is 0 Å². The van der Waals surface area contributed by atoms with E-state index < -0.39 is 5.97 Å². The predicted octanol–water partition coefficient (Wildman–Crippen LogP) is 3.36. The van der Waals surface area contributed by atoms with Gasteiger partial charge in [-0.2, -0.15) is 0 Å². The van der Waals surface area contributed by atoms with Gasteiger partial charge in [-0.15, -0.1) is 0 Å². The maximum Gasteiger partial charge on any atom is 0.119 e. The van der Waals surface area contributed by atoms with Crippen LogP contribution in [0.2, 0.25) is 0 Å². The van der Waals surface area contributed by atoms with E-state index in [-0.39, 0.29) is 11.6 Å². The van der Waals surface area contributed by atoms with Gasteiger partial charge in [0.15, 0.2) is 0 Å². The van der Waals surface area contributed by atoms with Gasteiger partial charge in [-0.1, -0.05) is 30.3 Å². The van der Waals surface area contributed by atoms with Crippen LogP contribution in [0.5, 0.6) is 5.75 Å². The number of fused-ring (bicyclic) bond motifs is 7. The van der Waals surface area contributed by atoms with Crippen LogP contribution < -0.4 is 15.2 Å². The molecule has 0 aromatic heterocycles. The molecule has 5 rings (SSSR count).